The fraction of sp³-hybridized carbons (Fsp3) is 0.529. The summed E-state index contributed by atoms with van der Waals surface area (Å²) in [6, 6.07) is 9.52. The Labute approximate surface area is 131 Å². The summed E-state index contributed by atoms with van der Waals surface area (Å²) >= 11 is 0. The fourth-order valence-corrected chi connectivity index (χ4v) is 2.87. The van der Waals surface area contributed by atoms with Gasteiger partial charge in [0.15, 0.2) is 0 Å². The Morgan fingerprint density at radius 2 is 2.23 bits per heavy atom. The number of hydrogen-bond acceptors (Lipinski definition) is 4. The van der Waals surface area contributed by atoms with E-state index in [1.807, 2.05) is 0 Å². The van der Waals surface area contributed by atoms with Gasteiger partial charge in [0.2, 0.25) is 5.91 Å². The van der Waals surface area contributed by atoms with Crippen LogP contribution in [0.15, 0.2) is 24.3 Å². The van der Waals surface area contributed by atoms with E-state index < -0.39 is 0 Å². The van der Waals surface area contributed by atoms with Crippen LogP contribution in [0.25, 0.3) is 0 Å². The number of hydrogen-bond donors (Lipinski definition) is 2. The number of nitrogens with one attached hydrogen (secondary N) is 1. The normalized spacial score (nSPS) is 22.0. The van der Waals surface area contributed by atoms with Gasteiger partial charge in [0, 0.05) is 32.2 Å². The molecule has 5 nitrogen and oxygen atoms in total. The molecule has 0 aromatic heterocycles. The van der Waals surface area contributed by atoms with E-state index in [0.29, 0.717) is 36.2 Å². The van der Waals surface area contributed by atoms with Crippen molar-refractivity contribution in [1.82, 2.24) is 4.90 Å². The third kappa shape index (κ3) is 4.30. The zero-order valence-electron chi connectivity index (χ0n) is 13.0. The van der Waals surface area contributed by atoms with Crippen LogP contribution in [0.4, 0.5) is 5.69 Å². The lowest BCUT2D eigenvalue weighted by atomic mass is 9.94. The Hall–Kier alpha value is -1.90. The van der Waals surface area contributed by atoms with Crippen molar-refractivity contribution in [2.24, 2.45) is 5.92 Å². The average molecular weight is 301 g/mol. The van der Waals surface area contributed by atoms with Gasteiger partial charge in [-0.15, -0.1) is 0 Å². The molecule has 0 bridgehead atoms. The molecular weight excluding hydrogens is 278 g/mol. The molecule has 0 radical (unpaired) electrons. The summed E-state index contributed by atoms with van der Waals surface area (Å²) in [5.41, 5.74) is 1.04. The summed E-state index contributed by atoms with van der Waals surface area (Å²) in [6.07, 6.45) is 2.50. The summed E-state index contributed by atoms with van der Waals surface area (Å²) in [4.78, 5) is 14.3. The molecule has 22 heavy (non-hydrogen) atoms. The molecule has 2 atom stereocenters. The van der Waals surface area contributed by atoms with Crippen LogP contribution in [0.2, 0.25) is 0 Å². The number of carbonyl (C=O) groups is 1. The first-order valence-electron chi connectivity index (χ1n) is 7.78. The van der Waals surface area contributed by atoms with E-state index in [2.05, 4.69) is 23.2 Å². The second-order valence-corrected chi connectivity index (χ2v) is 5.93. The number of anilines is 1. The quantitative estimate of drug-likeness (QED) is 0.872. The molecule has 1 saturated heterocycles. The van der Waals surface area contributed by atoms with Crippen LogP contribution >= 0.6 is 0 Å². The van der Waals surface area contributed by atoms with E-state index in [-0.39, 0.29) is 12.5 Å². The summed E-state index contributed by atoms with van der Waals surface area (Å²) in [5.74, 6) is 0.236. The Morgan fingerprint density at radius 1 is 1.45 bits per heavy atom. The molecule has 2 rings (SSSR count). The number of aliphatic hydroxyl groups excluding tert-OH is 1. The second-order valence-electron chi connectivity index (χ2n) is 5.93. The number of piperidine rings is 1. The van der Waals surface area contributed by atoms with Crippen LogP contribution in [0, 0.1) is 17.2 Å². The zero-order valence-corrected chi connectivity index (χ0v) is 13.0. The van der Waals surface area contributed by atoms with Gasteiger partial charge in [-0.1, -0.05) is 12.1 Å². The van der Waals surface area contributed by atoms with E-state index in [9.17, 15) is 9.90 Å². The van der Waals surface area contributed by atoms with Gasteiger partial charge in [0.1, 0.15) is 6.07 Å². The Bertz CT molecular complexity index is 553. The van der Waals surface area contributed by atoms with Crippen molar-refractivity contribution in [3.05, 3.63) is 29.8 Å². The third-order valence-electron chi connectivity index (χ3n) is 4.31. The maximum Gasteiger partial charge on any atom is 0.225 e. The zero-order chi connectivity index (χ0) is 15.9. The third-order valence-corrected chi connectivity index (χ3v) is 4.31. The number of rotatable bonds is 5. The number of nitriles is 1. The first-order chi connectivity index (χ1) is 10.6. The van der Waals surface area contributed by atoms with Gasteiger partial charge in [0.25, 0.3) is 0 Å². The molecule has 1 fully saturated rings. The number of amides is 1. The highest BCUT2D eigenvalue weighted by molar-refractivity contribution is 5.92. The number of nitrogens with zero attached hydrogens (tertiary/aromatic N) is 2. The molecule has 118 valence electrons. The lowest BCUT2D eigenvalue weighted by Gasteiger charge is -2.37. The number of para-hydroxylation sites is 1. The van der Waals surface area contributed by atoms with E-state index in [4.69, 9.17) is 5.26 Å². The first kappa shape index (κ1) is 16.5. The molecular formula is C17H23N3O2. The Morgan fingerprint density at radius 3 is 2.95 bits per heavy atom. The van der Waals surface area contributed by atoms with Gasteiger partial charge in [-0.3, -0.25) is 9.69 Å². The molecule has 2 unspecified atom stereocenters. The standard InChI is InChI=1S/C17H23N3O2/c1-13-6-7-14(12-21)11-20(13)9-8-17(22)19-16-5-3-2-4-15(16)10-18/h2-5,13-14,21H,6-9,11-12H2,1H3,(H,19,22). The number of benzene rings is 1. The van der Waals surface area contributed by atoms with Crippen molar-refractivity contribution in [2.75, 3.05) is 25.0 Å². The summed E-state index contributed by atoms with van der Waals surface area (Å²) in [5, 5.41) is 21.1. The minimum atomic E-state index is -0.0824. The van der Waals surface area contributed by atoms with E-state index >= 15 is 0 Å². The van der Waals surface area contributed by atoms with Crippen LogP contribution in [0.3, 0.4) is 0 Å². The van der Waals surface area contributed by atoms with Crippen LogP contribution in [0.1, 0.15) is 31.7 Å². The maximum absolute atomic E-state index is 12.1. The molecule has 1 amide bonds. The highest BCUT2D eigenvalue weighted by atomic mass is 16.3. The van der Waals surface area contributed by atoms with E-state index in [1.54, 1.807) is 24.3 Å². The number of carbonyl (C=O) groups excluding carboxylic acids is 1. The van der Waals surface area contributed by atoms with E-state index in [1.165, 1.54) is 0 Å². The highest BCUT2D eigenvalue weighted by Crippen LogP contribution is 2.21. The van der Waals surface area contributed by atoms with Crippen LogP contribution in [-0.2, 0) is 4.79 Å². The van der Waals surface area contributed by atoms with Crippen molar-refractivity contribution in [1.29, 1.82) is 5.26 Å². The van der Waals surface area contributed by atoms with Crippen LogP contribution in [-0.4, -0.2) is 41.7 Å². The predicted octanol–water partition coefficient (Wildman–Crippen LogP) is 1.98. The smallest absolute Gasteiger partial charge is 0.225 e. The topological polar surface area (TPSA) is 76.4 Å². The molecule has 0 spiro atoms. The summed E-state index contributed by atoms with van der Waals surface area (Å²) in [6.45, 7) is 3.90. The van der Waals surface area contributed by atoms with Crippen LogP contribution < -0.4 is 5.32 Å². The Balaban J connectivity index is 1.86. The van der Waals surface area contributed by atoms with Crippen LogP contribution in [0.5, 0.6) is 0 Å². The van der Waals surface area contributed by atoms with Crippen molar-refractivity contribution in [2.45, 2.75) is 32.2 Å². The van der Waals surface area contributed by atoms with Gasteiger partial charge < -0.3 is 10.4 Å². The van der Waals surface area contributed by atoms with Crippen molar-refractivity contribution >= 4 is 11.6 Å². The minimum Gasteiger partial charge on any atom is -0.396 e. The summed E-state index contributed by atoms with van der Waals surface area (Å²) in [7, 11) is 0. The largest absolute Gasteiger partial charge is 0.396 e. The van der Waals surface area contributed by atoms with Crippen molar-refractivity contribution < 1.29 is 9.90 Å². The lowest BCUT2D eigenvalue weighted by molar-refractivity contribution is -0.116. The monoisotopic (exact) mass is 301 g/mol. The molecule has 2 N–H and O–H groups in total. The summed E-state index contributed by atoms with van der Waals surface area (Å²) < 4.78 is 0. The molecule has 1 aliphatic heterocycles. The number of aliphatic hydroxyl groups is 1. The minimum absolute atomic E-state index is 0.0824. The van der Waals surface area contributed by atoms with Gasteiger partial charge in [-0.05, 0) is 37.8 Å². The SMILES string of the molecule is CC1CCC(CO)CN1CCC(=O)Nc1ccccc1C#N. The predicted molar refractivity (Wildman–Crippen MR) is 85.2 cm³/mol. The molecule has 0 saturated carbocycles. The molecule has 1 aromatic rings. The maximum atomic E-state index is 12.1. The fourth-order valence-electron chi connectivity index (χ4n) is 2.87. The molecule has 1 aliphatic rings. The van der Waals surface area contributed by atoms with Crippen molar-refractivity contribution in [3.8, 4) is 6.07 Å². The second kappa shape index (κ2) is 7.92. The molecule has 1 aromatic carbocycles. The van der Waals surface area contributed by atoms with Gasteiger partial charge in [-0.2, -0.15) is 5.26 Å². The molecule has 0 aliphatic carbocycles. The average Bonchev–Trinajstić information content (AvgIpc) is 2.54. The van der Waals surface area contributed by atoms with E-state index in [0.717, 1.165) is 19.4 Å². The molecule has 5 heteroatoms. The first-order valence-corrected chi connectivity index (χ1v) is 7.78. The Kier molecular flexibility index (Phi) is 5.93. The van der Waals surface area contributed by atoms with Crippen molar-refractivity contribution in [3.63, 3.8) is 0 Å². The molecule has 1 heterocycles. The van der Waals surface area contributed by atoms with Gasteiger partial charge in [0.05, 0.1) is 11.3 Å². The van der Waals surface area contributed by atoms with Gasteiger partial charge >= 0.3 is 0 Å². The highest BCUT2D eigenvalue weighted by Gasteiger charge is 2.25. The van der Waals surface area contributed by atoms with Gasteiger partial charge in [-0.25, -0.2) is 0 Å². The number of likely N-dealkylation sites (tertiary alicyclic amines) is 1. The lowest BCUT2D eigenvalue weighted by Crippen LogP contribution is -2.43.